The Morgan fingerprint density at radius 3 is 2.78 bits per heavy atom. The smallest absolute Gasteiger partial charge is 0.277 e. The van der Waals surface area contributed by atoms with E-state index in [0.29, 0.717) is 23.6 Å². The van der Waals surface area contributed by atoms with Gasteiger partial charge >= 0.3 is 0 Å². The lowest BCUT2D eigenvalue weighted by molar-refractivity contribution is 0.102. The maximum absolute atomic E-state index is 12.4. The van der Waals surface area contributed by atoms with Gasteiger partial charge in [-0.05, 0) is 51.0 Å². The maximum atomic E-state index is 12.4. The predicted molar refractivity (Wildman–Crippen MR) is 89.5 cm³/mol. The molecule has 1 saturated carbocycles. The first-order valence-corrected chi connectivity index (χ1v) is 8.36. The van der Waals surface area contributed by atoms with Crippen molar-refractivity contribution in [2.45, 2.75) is 53.0 Å². The summed E-state index contributed by atoms with van der Waals surface area (Å²) in [6.07, 6.45) is 3.37. The third-order valence-electron chi connectivity index (χ3n) is 4.28. The quantitative estimate of drug-likeness (QED) is 0.858. The van der Waals surface area contributed by atoms with Crippen molar-refractivity contribution in [2.75, 3.05) is 5.32 Å². The monoisotopic (exact) mass is 315 g/mol. The fraction of sp³-hybridized carbons (Fsp3) is 0.588. The van der Waals surface area contributed by atoms with E-state index in [2.05, 4.69) is 41.4 Å². The number of hydrogen-bond acceptors (Lipinski definition) is 3. The van der Waals surface area contributed by atoms with E-state index in [1.165, 1.54) is 12.8 Å². The zero-order chi connectivity index (χ0) is 16.6. The number of nitrogens with zero attached hydrogens (tertiary/aromatic N) is 3. The lowest BCUT2D eigenvalue weighted by Crippen LogP contribution is -2.18. The van der Waals surface area contributed by atoms with Crippen LogP contribution >= 0.6 is 0 Å². The van der Waals surface area contributed by atoms with Crippen LogP contribution in [0.4, 0.5) is 5.82 Å². The van der Waals surface area contributed by atoms with Gasteiger partial charge in [0.15, 0.2) is 5.69 Å². The van der Waals surface area contributed by atoms with Crippen LogP contribution in [-0.4, -0.2) is 25.9 Å². The molecule has 2 aromatic rings. The molecule has 0 bridgehead atoms. The molecule has 1 atom stereocenters. The van der Waals surface area contributed by atoms with E-state index >= 15 is 0 Å². The summed E-state index contributed by atoms with van der Waals surface area (Å²) in [6, 6.07) is 4.06. The summed E-state index contributed by atoms with van der Waals surface area (Å²) < 4.78 is 1.94. The van der Waals surface area contributed by atoms with Crippen LogP contribution in [0.1, 0.15) is 61.5 Å². The van der Waals surface area contributed by atoms with E-state index in [4.69, 9.17) is 0 Å². The van der Waals surface area contributed by atoms with Crippen molar-refractivity contribution in [3.05, 3.63) is 29.2 Å². The molecule has 0 radical (unpaired) electrons. The summed E-state index contributed by atoms with van der Waals surface area (Å²) in [5, 5.41) is 14.6. The van der Waals surface area contributed by atoms with Crippen molar-refractivity contribution in [2.24, 2.45) is 11.8 Å². The predicted octanol–water partition coefficient (Wildman–Crippen LogP) is 3.34. The molecule has 2 heterocycles. The minimum absolute atomic E-state index is 0.194. The molecule has 23 heavy (non-hydrogen) atoms. The highest BCUT2D eigenvalue weighted by atomic mass is 16.2. The standard InChI is InChI=1S/C17H25N5O/c1-10(2)7-14-9-15(20-19-14)17(23)18-16-8-11(3)21-22(16)12(4)13-5-6-13/h8-10,12-13H,5-7H2,1-4H3,(H,18,23)(H,19,20). The van der Waals surface area contributed by atoms with Gasteiger partial charge in [-0.25, -0.2) is 4.68 Å². The molecule has 0 aromatic carbocycles. The number of aryl methyl sites for hydroxylation is 1. The minimum atomic E-state index is -0.194. The van der Waals surface area contributed by atoms with Gasteiger partial charge in [0.2, 0.25) is 0 Å². The molecule has 1 amide bonds. The Hall–Kier alpha value is -2.11. The van der Waals surface area contributed by atoms with Gasteiger partial charge in [0.05, 0.1) is 11.7 Å². The molecule has 1 fully saturated rings. The third kappa shape index (κ3) is 3.63. The molecule has 3 rings (SSSR count). The van der Waals surface area contributed by atoms with E-state index < -0.39 is 0 Å². The molecule has 1 aliphatic carbocycles. The minimum Gasteiger partial charge on any atom is -0.305 e. The lowest BCUT2D eigenvalue weighted by atomic mass is 10.1. The topological polar surface area (TPSA) is 75.6 Å². The highest BCUT2D eigenvalue weighted by Gasteiger charge is 2.31. The van der Waals surface area contributed by atoms with E-state index in [-0.39, 0.29) is 5.91 Å². The Morgan fingerprint density at radius 2 is 2.13 bits per heavy atom. The SMILES string of the molecule is Cc1cc(NC(=O)c2cc(CC(C)C)[nH]n2)n(C(C)C2CC2)n1. The molecule has 124 valence electrons. The largest absolute Gasteiger partial charge is 0.305 e. The average Bonchev–Trinajstić information content (AvgIpc) is 3.12. The molecule has 0 aliphatic heterocycles. The van der Waals surface area contributed by atoms with E-state index in [1.807, 2.05) is 23.7 Å². The fourth-order valence-corrected chi connectivity index (χ4v) is 2.90. The van der Waals surface area contributed by atoms with Gasteiger partial charge in [0.25, 0.3) is 5.91 Å². The van der Waals surface area contributed by atoms with Gasteiger partial charge in [-0.3, -0.25) is 9.89 Å². The summed E-state index contributed by atoms with van der Waals surface area (Å²) >= 11 is 0. The molecule has 2 N–H and O–H groups in total. The Bertz CT molecular complexity index is 696. The molecule has 0 spiro atoms. The summed E-state index contributed by atoms with van der Waals surface area (Å²) in [6.45, 7) is 8.39. The van der Waals surface area contributed by atoms with Crippen molar-refractivity contribution >= 4 is 11.7 Å². The Balaban J connectivity index is 1.73. The summed E-state index contributed by atoms with van der Waals surface area (Å²) in [4.78, 5) is 12.4. The number of H-pyrrole nitrogens is 1. The first kappa shape index (κ1) is 15.8. The van der Waals surface area contributed by atoms with Crippen molar-refractivity contribution in [1.29, 1.82) is 0 Å². The Labute approximate surface area is 136 Å². The van der Waals surface area contributed by atoms with Gasteiger partial charge in [-0.1, -0.05) is 13.8 Å². The molecular weight excluding hydrogens is 290 g/mol. The summed E-state index contributed by atoms with van der Waals surface area (Å²) in [5.41, 5.74) is 2.32. The molecule has 6 heteroatoms. The number of rotatable bonds is 6. The van der Waals surface area contributed by atoms with Crippen LogP contribution in [0.25, 0.3) is 0 Å². The Kier molecular flexibility index (Phi) is 4.24. The molecule has 0 saturated heterocycles. The maximum Gasteiger partial charge on any atom is 0.277 e. The number of nitrogens with one attached hydrogen (secondary N) is 2. The second kappa shape index (κ2) is 6.18. The Morgan fingerprint density at radius 1 is 1.39 bits per heavy atom. The van der Waals surface area contributed by atoms with Crippen LogP contribution in [0.3, 0.4) is 0 Å². The number of aromatic nitrogens is 4. The second-order valence-electron chi connectivity index (χ2n) is 7.02. The van der Waals surface area contributed by atoms with Crippen LogP contribution in [0.15, 0.2) is 12.1 Å². The number of amides is 1. The van der Waals surface area contributed by atoms with Crippen LogP contribution in [0.2, 0.25) is 0 Å². The fourth-order valence-electron chi connectivity index (χ4n) is 2.90. The highest BCUT2D eigenvalue weighted by molar-refractivity contribution is 6.02. The summed E-state index contributed by atoms with van der Waals surface area (Å²) in [7, 11) is 0. The number of hydrogen-bond donors (Lipinski definition) is 2. The van der Waals surface area contributed by atoms with Crippen LogP contribution < -0.4 is 5.32 Å². The van der Waals surface area contributed by atoms with Gasteiger partial charge in [0.1, 0.15) is 5.82 Å². The van der Waals surface area contributed by atoms with Crippen molar-refractivity contribution < 1.29 is 4.79 Å². The van der Waals surface area contributed by atoms with Crippen LogP contribution in [-0.2, 0) is 6.42 Å². The van der Waals surface area contributed by atoms with Crippen LogP contribution in [0, 0.1) is 18.8 Å². The number of aromatic amines is 1. The number of anilines is 1. The van der Waals surface area contributed by atoms with Gasteiger partial charge in [-0.15, -0.1) is 0 Å². The van der Waals surface area contributed by atoms with Crippen LogP contribution in [0.5, 0.6) is 0 Å². The highest BCUT2D eigenvalue weighted by Crippen LogP contribution is 2.40. The van der Waals surface area contributed by atoms with Crippen molar-refractivity contribution in [3.8, 4) is 0 Å². The molecule has 6 nitrogen and oxygen atoms in total. The average molecular weight is 315 g/mol. The molecule has 2 aromatic heterocycles. The first-order chi connectivity index (χ1) is 10.9. The van der Waals surface area contributed by atoms with Gasteiger partial charge in [0, 0.05) is 11.8 Å². The number of carbonyl (C=O) groups is 1. The van der Waals surface area contributed by atoms with Gasteiger partial charge < -0.3 is 5.32 Å². The van der Waals surface area contributed by atoms with E-state index in [0.717, 1.165) is 23.6 Å². The van der Waals surface area contributed by atoms with E-state index in [1.54, 1.807) is 0 Å². The lowest BCUT2D eigenvalue weighted by Gasteiger charge is -2.14. The summed E-state index contributed by atoms with van der Waals surface area (Å²) in [5.74, 6) is 1.75. The zero-order valence-corrected chi connectivity index (χ0v) is 14.3. The molecular formula is C17H25N5O. The first-order valence-electron chi connectivity index (χ1n) is 8.36. The third-order valence-corrected chi connectivity index (χ3v) is 4.28. The molecule has 1 unspecified atom stereocenters. The second-order valence-corrected chi connectivity index (χ2v) is 7.02. The van der Waals surface area contributed by atoms with Crippen molar-refractivity contribution in [3.63, 3.8) is 0 Å². The van der Waals surface area contributed by atoms with Gasteiger partial charge in [-0.2, -0.15) is 10.2 Å². The number of carbonyl (C=O) groups excluding carboxylic acids is 1. The zero-order valence-electron chi connectivity index (χ0n) is 14.3. The van der Waals surface area contributed by atoms with E-state index in [9.17, 15) is 4.79 Å². The molecule has 1 aliphatic rings. The normalized spacial score (nSPS) is 15.9. The van der Waals surface area contributed by atoms with Crippen molar-refractivity contribution in [1.82, 2.24) is 20.0 Å².